The van der Waals surface area contributed by atoms with Crippen LogP contribution in [-0.4, -0.2) is 17.3 Å². The van der Waals surface area contributed by atoms with Crippen LogP contribution in [0.1, 0.15) is 56.4 Å². The lowest BCUT2D eigenvalue weighted by atomic mass is 9.94. The molecule has 1 aliphatic rings. The van der Waals surface area contributed by atoms with Crippen molar-refractivity contribution < 1.29 is 5.11 Å². The van der Waals surface area contributed by atoms with Crippen LogP contribution in [0.2, 0.25) is 0 Å². The quantitative estimate of drug-likeness (QED) is 0.807. The molecule has 1 atom stereocenters. The minimum atomic E-state index is -0.499. The molecule has 0 amide bonds. The fourth-order valence-electron chi connectivity index (χ4n) is 3.22. The highest BCUT2D eigenvalue weighted by atomic mass is 32.1. The maximum atomic E-state index is 10.7. The van der Waals surface area contributed by atoms with Gasteiger partial charge in [-0.3, -0.25) is 0 Å². The normalized spacial score (nSPS) is 20.3. The first-order valence-corrected chi connectivity index (χ1v) is 8.92. The second-order valence-electron chi connectivity index (χ2n) is 6.43. The molecule has 3 heteroatoms. The van der Waals surface area contributed by atoms with E-state index in [0.717, 1.165) is 25.7 Å². The van der Waals surface area contributed by atoms with Crippen molar-refractivity contribution in [2.45, 2.75) is 57.1 Å². The average molecular weight is 303 g/mol. The summed E-state index contributed by atoms with van der Waals surface area (Å²) in [4.78, 5) is 1.36. The fourth-order valence-corrected chi connectivity index (χ4v) is 4.31. The molecule has 1 unspecified atom stereocenters. The number of fused-ring (bicyclic) bond motifs is 1. The summed E-state index contributed by atoms with van der Waals surface area (Å²) in [7, 11) is 0. The molecule has 1 fully saturated rings. The van der Waals surface area contributed by atoms with Gasteiger partial charge in [-0.1, -0.05) is 43.9 Å². The van der Waals surface area contributed by atoms with E-state index >= 15 is 0 Å². The van der Waals surface area contributed by atoms with Gasteiger partial charge in [0.1, 0.15) is 0 Å². The van der Waals surface area contributed by atoms with E-state index in [4.69, 9.17) is 0 Å². The van der Waals surface area contributed by atoms with Crippen molar-refractivity contribution in [1.82, 2.24) is 5.32 Å². The van der Waals surface area contributed by atoms with Gasteiger partial charge >= 0.3 is 0 Å². The molecule has 21 heavy (non-hydrogen) atoms. The summed E-state index contributed by atoms with van der Waals surface area (Å²) in [6.07, 6.45) is 6.76. The van der Waals surface area contributed by atoms with Crippen LogP contribution >= 0.6 is 11.3 Å². The van der Waals surface area contributed by atoms with Crippen molar-refractivity contribution in [1.29, 1.82) is 0 Å². The summed E-state index contributed by atoms with van der Waals surface area (Å²) in [6.45, 7) is 2.91. The lowest BCUT2D eigenvalue weighted by Crippen LogP contribution is -2.40. The van der Waals surface area contributed by atoms with Crippen LogP contribution in [0.5, 0.6) is 0 Å². The Bertz CT molecular complexity index is 551. The van der Waals surface area contributed by atoms with Crippen LogP contribution in [-0.2, 0) is 0 Å². The maximum Gasteiger partial charge on any atom is 0.0771 e. The van der Waals surface area contributed by atoms with Crippen molar-refractivity contribution in [2.24, 2.45) is 0 Å². The molecule has 2 aromatic rings. The molecule has 2 nitrogen and oxygen atoms in total. The van der Waals surface area contributed by atoms with E-state index in [2.05, 4.69) is 42.6 Å². The van der Waals surface area contributed by atoms with Gasteiger partial charge in [-0.2, -0.15) is 0 Å². The number of hydrogen-bond acceptors (Lipinski definition) is 3. The Morgan fingerprint density at radius 2 is 1.90 bits per heavy atom. The maximum absolute atomic E-state index is 10.7. The number of aliphatic hydroxyl groups is 1. The van der Waals surface area contributed by atoms with Gasteiger partial charge in [-0.05, 0) is 37.3 Å². The minimum Gasteiger partial charge on any atom is -0.389 e. The van der Waals surface area contributed by atoms with Crippen LogP contribution in [0.3, 0.4) is 0 Å². The first kappa shape index (κ1) is 15.0. The smallest absolute Gasteiger partial charge is 0.0771 e. The third-order valence-electron chi connectivity index (χ3n) is 4.64. The van der Waals surface area contributed by atoms with Crippen molar-refractivity contribution in [3.8, 4) is 0 Å². The summed E-state index contributed by atoms with van der Waals surface area (Å²) in [5, 5.41) is 15.6. The number of hydrogen-bond donors (Lipinski definition) is 2. The molecular formula is C18H25NOS. The van der Waals surface area contributed by atoms with Crippen LogP contribution in [0, 0.1) is 0 Å². The molecule has 0 radical (unpaired) electrons. The van der Waals surface area contributed by atoms with Gasteiger partial charge in [0, 0.05) is 22.2 Å². The Hall–Kier alpha value is -0.900. The topological polar surface area (TPSA) is 32.3 Å². The predicted molar refractivity (Wildman–Crippen MR) is 90.9 cm³/mol. The first-order chi connectivity index (χ1) is 10.2. The molecule has 0 bridgehead atoms. The van der Waals surface area contributed by atoms with Crippen molar-refractivity contribution in [3.63, 3.8) is 0 Å². The van der Waals surface area contributed by atoms with Crippen molar-refractivity contribution >= 4 is 21.4 Å². The Morgan fingerprint density at radius 3 is 2.62 bits per heavy atom. The van der Waals surface area contributed by atoms with E-state index in [1.54, 1.807) is 0 Å². The van der Waals surface area contributed by atoms with E-state index < -0.39 is 5.60 Å². The Labute approximate surface area is 131 Å². The molecule has 1 aromatic heterocycles. The monoisotopic (exact) mass is 303 g/mol. The molecule has 2 N–H and O–H groups in total. The third-order valence-corrected chi connectivity index (χ3v) is 5.94. The van der Waals surface area contributed by atoms with Gasteiger partial charge in [0.15, 0.2) is 0 Å². The SMILES string of the molecule is CC(NCC1(O)CCCCCC1)c1cc2ccccc2s1. The summed E-state index contributed by atoms with van der Waals surface area (Å²) >= 11 is 1.85. The summed E-state index contributed by atoms with van der Waals surface area (Å²) in [5.41, 5.74) is -0.499. The molecule has 3 rings (SSSR count). The standard InChI is InChI=1S/C18H25NOS/c1-14(17-12-15-8-4-5-9-16(15)21-17)19-13-18(20)10-6-2-3-7-11-18/h4-5,8-9,12,14,19-20H,2-3,6-7,10-11,13H2,1H3. The highest BCUT2D eigenvalue weighted by Gasteiger charge is 2.28. The van der Waals surface area contributed by atoms with Crippen LogP contribution < -0.4 is 5.32 Å². The second-order valence-corrected chi connectivity index (χ2v) is 7.54. The number of rotatable bonds is 4. The molecule has 1 aromatic carbocycles. The lowest BCUT2D eigenvalue weighted by Gasteiger charge is -2.28. The zero-order valence-electron chi connectivity index (χ0n) is 12.8. The van der Waals surface area contributed by atoms with E-state index in [1.807, 2.05) is 11.3 Å². The number of nitrogens with one attached hydrogen (secondary N) is 1. The summed E-state index contributed by atoms with van der Waals surface area (Å²) < 4.78 is 1.34. The number of thiophene rings is 1. The zero-order valence-corrected chi connectivity index (χ0v) is 13.6. The fraction of sp³-hybridized carbons (Fsp3) is 0.556. The van der Waals surface area contributed by atoms with Gasteiger partial charge in [0.2, 0.25) is 0 Å². The summed E-state index contributed by atoms with van der Waals surface area (Å²) in [6, 6.07) is 11.1. The molecule has 0 spiro atoms. The van der Waals surface area contributed by atoms with Crippen LogP contribution in [0.15, 0.2) is 30.3 Å². The highest BCUT2D eigenvalue weighted by Crippen LogP contribution is 2.31. The van der Waals surface area contributed by atoms with Gasteiger partial charge in [-0.15, -0.1) is 11.3 Å². The Balaban J connectivity index is 1.64. The largest absolute Gasteiger partial charge is 0.389 e. The second kappa shape index (κ2) is 6.47. The van der Waals surface area contributed by atoms with E-state index in [1.165, 1.54) is 27.8 Å². The van der Waals surface area contributed by atoms with Crippen molar-refractivity contribution in [3.05, 3.63) is 35.2 Å². The predicted octanol–water partition coefficient (Wildman–Crippen LogP) is 4.64. The molecular weight excluding hydrogens is 278 g/mol. The van der Waals surface area contributed by atoms with E-state index in [0.29, 0.717) is 12.6 Å². The zero-order chi connectivity index (χ0) is 14.7. The molecule has 114 valence electrons. The molecule has 1 saturated carbocycles. The van der Waals surface area contributed by atoms with Crippen LogP contribution in [0.25, 0.3) is 10.1 Å². The van der Waals surface area contributed by atoms with Gasteiger partial charge in [0.25, 0.3) is 0 Å². The average Bonchev–Trinajstić information content (AvgIpc) is 2.81. The van der Waals surface area contributed by atoms with Gasteiger partial charge in [-0.25, -0.2) is 0 Å². The molecule has 1 heterocycles. The highest BCUT2D eigenvalue weighted by molar-refractivity contribution is 7.19. The van der Waals surface area contributed by atoms with Crippen molar-refractivity contribution in [2.75, 3.05) is 6.54 Å². The van der Waals surface area contributed by atoms with E-state index in [9.17, 15) is 5.11 Å². The number of benzene rings is 1. The van der Waals surface area contributed by atoms with Gasteiger partial charge in [0.05, 0.1) is 5.60 Å². The van der Waals surface area contributed by atoms with Gasteiger partial charge < -0.3 is 10.4 Å². The minimum absolute atomic E-state index is 0.301. The van der Waals surface area contributed by atoms with E-state index in [-0.39, 0.29) is 0 Å². The summed E-state index contributed by atoms with van der Waals surface area (Å²) in [5.74, 6) is 0. The first-order valence-electron chi connectivity index (χ1n) is 8.11. The Kier molecular flexibility index (Phi) is 4.63. The lowest BCUT2D eigenvalue weighted by molar-refractivity contribution is 0.0232. The van der Waals surface area contributed by atoms with Crippen LogP contribution in [0.4, 0.5) is 0 Å². The Morgan fingerprint density at radius 1 is 1.19 bits per heavy atom. The molecule has 1 aliphatic carbocycles. The third kappa shape index (κ3) is 3.65. The molecule has 0 aliphatic heterocycles. The molecule has 0 saturated heterocycles.